The lowest BCUT2D eigenvalue weighted by Crippen LogP contribution is -2.49. The van der Waals surface area contributed by atoms with E-state index in [9.17, 15) is 19.1 Å². The topological polar surface area (TPSA) is 111 Å². The van der Waals surface area contributed by atoms with Crippen LogP contribution in [0.25, 0.3) is 0 Å². The summed E-state index contributed by atoms with van der Waals surface area (Å²) in [5.41, 5.74) is -1.31. The Balaban J connectivity index is 0. The maximum absolute atomic E-state index is 15.7. The van der Waals surface area contributed by atoms with Gasteiger partial charge in [-0.2, -0.15) is 40.5 Å². The van der Waals surface area contributed by atoms with Crippen molar-refractivity contribution in [3.05, 3.63) is 63.1 Å². The number of aliphatic hydroxyl groups is 2. The highest BCUT2D eigenvalue weighted by Crippen LogP contribution is 2.57. The highest BCUT2D eigenvalue weighted by atomic mass is 35.5. The number of amides is 2. The summed E-state index contributed by atoms with van der Waals surface area (Å²) in [6.45, 7) is 5.48. The molecule has 5 atom stereocenters. The van der Waals surface area contributed by atoms with Gasteiger partial charge in [-0.05, 0) is 47.6 Å². The van der Waals surface area contributed by atoms with E-state index in [-0.39, 0.29) is 94.9 Å². The predicted molar refractivity (Wildman–Crippen MR) is 186 cm³/mol. The molecule has 1 saturated heterocycles. The molecule has 0 unspecified atom stereocenters. The average molecular weight is 705 g/mol. The molecule has 2 aromatic rings. The van der Waals surface area contributed by atoms with Crippen LogP contribution in [-0.2, 0) is 15.0 Å². The van der Waals surface area contributed by atoms with E-state index in [2.05, 4.69) is 16.0 Å². The molecule has 5 N–H and O–H groups in total. The molecule has 2 aliphatic rings. The number of aliphatic hydroxyl groups excluding tert-OH is 2. The van der Waals surface area contributed by atoms with Crippen LogP contribution in [0.2, 0.25) is 10.0 Å². The molecule has 2 aromatic carbocycles. The Bertz CT molecular complexity index is 1270. The van der Waals surface area contributed by atoms with E-state index >= 15 is 4.39 Å². The second kappa shape index (κ2) is 16.9. The molecule has 2 aliphatic heterocycles. The molecular weight excluding hydrogens is 659 g/mol. The predicted octanol–water partition coefficient (Wildman–Crippen LogP) is 5.49. The lowest BCUT2D eigenvalue weighted by atomic mass is 9.62. The summed E-state index contributed by atoms with van der Waals surface area (Å²) in [5.74, 6) is -3.68. The van der Waals surface area contributed by atoms with Gasteiger partial charge in [0.1, 0.15) is 17.0 Å². The molecule has 0 radical (unpaired) electrons. The summed E-state index contributed by atoms with van der Waals surface area (Å²) < 4.78 is 30.6. The van der Waals surface area contributed by atoms with E-state index in [0.717, 1.165) is 0 Å². The first-order valence-electron chi connectivity index (χ1n) is 12.4. The second-order valence-electron chi connectivity index (χ2n) is 11.1. The maximum atomic E-state index is 15.7. The summed E-state index contributed by atoms with van der Waals surface area (Å²) in [6, 6.07) is 5.07. The van der Waals surface area contributed by atoms with Crippen molar-refractivity contribution in [2.45, 2.75) is 78.0 Å². The Labute approximate surface area is 284 Å². The largest absolute Gasteiger partial charge is 0.394 e. The highest BCUT2D eigenvalue weighted by molar-refractivity contribution is 7.59. The number of anilines is 1. The summed E-state index contributed by atoms with van der Waals surface area (Å²) in [6.07, 6.45) is -0.543. The zero-order valence-electron chi connectivity index (χ0n) is 22.7. The number of halogens is 4. The molecular formula is C29H45Cl2F2N3O4S3. The van der Waals surface area contributed by atoms with Crippen LogP contribution in [0.15, 0.2) is 30.3 Å². The number of hydrogen-bond acceptors (Lipinski definition) is 5. The number of rotatable bonds is 7. The molecule has 7 nitrogen and oxygen atoms in total. The molecule has 0 aliphatic carbocycles. The van der Waals surface area contributed by atoms with Gasteiger partial charge in [0.05, 0.1) is 28.8 Å². The average Bonchev–Trinajstić information content (AvgIpc) is 3.30. The highest BCUT2D eigenvalue weighted by Gasteiger charge is 2.66. The molecule has 2 amide bonds. The Hall–Kier alpha value is -1.25. The molecule has 0 bridgehead atoms. The Morgan fingerprint density at radius 1 is 1.12 bits per heavy atom. The molecule has 0 aromatic heterocycles. The van der Waals surface area contributed by atoms with Gasteiger partial charge < -0.3 is 26.2 Å². The minimum absolute atomic E-state index is 0. The van der Waals surface area contributed by atoms with Gasteiger partial charge in [0.2, 0.25) is 11.8 Å². The van der Waals surface area contributed by atoms with Crippen LogP contribution >= 0.6 is 63.7 Å². The van der Waals surface area contributed by atoms with Crippen LogP contribution in [0.5, 0.6) is 0 Å². The van der Waals surface area contributed by atoms with Crippen LogP contribution < -0.4 is 16.0 Å². The molecule has 43 heavy (non-hydrogen) atoms. The van der Waals surface area contributed by atoms with Crippen molar-refractivity contribution in [1.29, 1.82) is 0 Å². The quantitative estimate of drug-likeness (QED) is 0.262. The first kappa shape index (κ1) is 43.9. The summed E-state index contributed by atoms with van der Waals surface area (Å²) in [5, 5.41) is 27.2. The fraction of sp³-hybridized carbons (Fsp3) is 0.517. The van der Waals surface area contributed by atoms with Gasteiger partial charge in [-0.25, -0.2) is 8.78 Å². The van der Waals surface area contributed by atoms with E-state index in [1.54, 1.807) is 0 Å². The van der Waals surface area contributed by atoms with E-state index in [4.69, 9.17) is 28.3 Å². The fourth-order valence-electron chi connectivity index (χ4n) is 5.73. The molecule has 246 valence electrons. The van der Waals surface area contributed by atoms with Crippen molar-refractivity contribution >= 4 is 81.2 Å². The molecule has 14 heteroatoms. The third kappa shape index (κ3) is 8.32. The Morgan fingerprint density at radius 3 is 2.33 bits per heavy atom. The van der Waals surface area contributed by atoms with Crippen LogP contribution in [-0.4, -0.2) is 53.4 Å². The molecule has 1 fully saturated rings. The van der Waals surface area contributed by atoms with Gasteiger partial charge in [0.15, 0.2) is 0 Å². The van der Waals surface area contributed by atoms with Gasteiger partial charge in [0, 0.05) is 24.2 Å². The van der Waals surface area contributed by atoms with Crippen LogP contribution in [0.3, 0.4) is 0 Å². The molecule has 1 spiro atoms. The smallest absolute Gasteiger partial charge is 0.237 e. The molecule has 0 saturated carbocycles. The lowest BCUT2D eigenvalue weighted by molar-refractivity contribution is -0.124. The zero-order valence-corrected chi connectivity index (χ0v) is 27.3. The van der Waals surface area contributed by atoms with Crippen molar-refractivity contribution in [2.24, 2.45) is 5.41 Å². The number of carbonyl (C=O) groups is 2. The van der Waals surface area contributed by atoms with Gasteiger partial charge in [0.25, 0.3) is 0 Å². The maximum Gasteiger partial charge on any atom is 0.237 e. The normalized spacial score (nSPS) is 22.4. The van der Waals surface area contributed by atoms with E-state index in [1.807, 2.05) is 20.8 Å². The van der Waals surface area contributed by atoms with Crippen LogP contribution in [0.1, 0.15) is 65.5 Å². The first-order valence-corrected chi connectivity index (χ1v) is 13.1. The van der Waals surface area contributed by atoms with Crippen molar-refractivity contribution in [2.75, 3.05) is 18.5 Å². The standard InChI is InChI=1S/C27H31Cl2F2N3O4.2CH4.3H2S/c1-26(2,3)11-20-27(15-9-18(30)17(29)10-19(15)33-25(27)38)21(14-5-4-6-16(28)22(14)31)23(34-20)24(37)32-8-7-13(36)12-35;;;;;/h4-6,9-10,13,20-21,23,34-36H,7-8,11-12H2,1-3H3,(H,32,37)(H,33,38);2*1H4;3*1H2/t13-,20+,21-,23+,27-;;;;;/m0...../s1. The Kier molecular flexibility index (Phi) is 17.2. The molecule has 2 heterocycles. The number of carbonyl (C=O) groups excluding carboxylic acids is 2. The molecule has 4 rings (SSSR count). The summed E-state index contributed by atoms with van der Waals surface area (Å²) in [4.78, 5) is 27.6. The SMILES string of the molecule is C.C.CC(C)(C)C[C@H]1N[C@@H](C(=O)NCC[C@H](O)CO)[C@H](c2cccc(Cl)c2F)[C@@]12C(=O)Nc1cc(Cl)c(F)cc12.S.S.S. The third-order valence-electron chi connectivity index (χ3n) is 7.29. The summed E-state index contributed by atoms with van der Waals surface area (Å²) in [7, 11) is 0. The van der Waals surface area contributed by atoms with Gasteiger partial charge in [-0.1, -0.05) is 71.0 Å². The fourth-order valence-corrected chi connectivity index (χ4v) is 6.07. The zero-order chi connectivity index (χ0) is 28.0. The number of nitrogens with one attached hydrogen (secondary N) is 3. The van der Waals surface area contributed by atoms with E-state index < -0.39 is 59.6 Å². The number of benzene rings is 2. The van der Waals surface area contributed by atoms with Crippen molar-refractivity contribution in [1.82, 2.24) is 10.6 Å². The van der Waals surface area contributed by atoms with Crippen LogP contribution in [0.4, 0.5) is 14.5 Å². The lowest BCUT2D eigenvalue weighted by Gasteiger charge is -2.37. The third-order valence-corrected chi connectivity index (χ3v) is 7.87. The monoisotopic (exact) mass is 703 g/mol. The van der Waals surface area contributed by atoms with Crippen molar-refractivity contribution in [3.8, 4) is 0 Å². The van der Waals surface area contributed by atoms with E-state index in [0.29, 0.717) is 12.1 Å². The first-order chi connectivity index (χ1) is 17.8. The van der Waals surface area contributed by atoms with Gasteiger partial charge in [-0.3, -0.25) is 9.59 Å². The number of fused-ring (bicyclic) bond motifs is 2. The van der Waals surface area contributed by atoms with Gasteiger partial charge >= 0.3 is 0 Å². The van der Waals surface area contributed by atoms with Crippen molar-refractivity contribution < 1.29 is 28.6 Å². The number of hydrogen-bond donors (Lipinski definition) is 5. The minimum Gasteiger partial charge on any atom is -0.394 e. The van der Waals surface area contributed by atoms with Crippen LogP contribution in [0, 0.1) is 17.0 Å². The van der Waals surface area contributed by atoms with Crippen molar-refractivity contribution in [3.63, 3.8) is 0 Å². The van der Waals surface area contributed by atoms with Gasteiger partial charge in [-0.15, -0.1) is 0 Å². The Morgan fingerprint density at radius 2 is 1.74 bits per heavy atom. The second-order valence-corrected chi connectivity index (χ2v) is 11.9. The minimum atomic E-state index is -1.58. The summed E-state index contributed by atoms with van der Waals surface area (Å²) >= 11 is 12.2. The van der Waals surface area contributed by atoms with E-state index in [1.165, 1.54) is 30.3 Å².